The molecule has 2 N–H and O–H groups in total. The van der Waals surface area contributed by atoms with Gasteiger partial charge in [-0.1, -0.05) is 33.6 Å². The number of hydrogen-bond acceptors (Lipinski definition) is 4. The van der Waals surface area contributed by atoms with Gasteiger partial charge in [-0.25, -0.2) is 9.78 Å². The van der Waals surface area contributed by atoms with Gasteiger partial charge in [0.05, 0.1) is 7.11 Å². The van der Waals surface area contributed by atoms with Crippen LogP contribution in [-0.2, 0) is 11.2 Å². The fourth-order valence-electron chi connectivity index (χ4n) is 3.60. The predicted octanol–water partition coefficient (Wildman–Crippen LogP) is 3.20. The minimum Gasteiger partial charge on any atom is -0.464 e. The van der Waals surface area contributed by atoms with Crippen LogP contribution in [0, 0.1) is 11.8 Å². The van der Waals surface area contributed by atoms with Crippen LogP contribution < -0.4 is 5.73 Å². The molecule has 1 aliphatic carbocycles. The van der Waals surface area contributed by atoms with Crippen LogP contribution in [0.15, 0.2) is 0 Å². The maximum absolute atomic E-state index is 11.8. The molecule has 0 bridgehead atoms. The number of anilines is 1. The average Bonchev–Trinajstić information content (AvgIpc) is 2.83. The van der Waals surface area contributed by atoms with Crippen LogP contribution in [0.5, 0.6) is 0 Å². The van der Waals surface area contributed by atoms with E-state index in [1.165, 1.54) is 26.4 Å². The lowest BCUT2D eigenvalue weighted by molar-refractivity contribution is 0.0595. The van der Waals surface area contributed by atoms with Gasteiger partial charge >= 0.3 is 5.97 Å². The number of rotatable bonds is 4. The summed E-state index contributed by atoms with van der Waals surface area (Å²) in [6, 6.07) is 0.347. The first-order valence-corrected chi connectivity index (χ1v) is 7.96. The van der Waals surface area contributed by atoms with Crippen LogP contribution in [0.4, 0.5) is 5.82 Å². The molecule has 1 aliphatic rings. The van der Waals surface area contributed by atoms with Gasteiger partial charge < -0.3 is 15.0 Å². The molecule has 0 radical (unpaired) electrons. The number of esters is 1. The Morgan fingerprint density at radius 3 is 2.67 bits per heavy atom. The molecule has 21 heavy (non-hydrogen) atoms. The number of carbonyl (C=O) groups is 1. The van der Waals surface area contributed by atoms with Gasteiger partial charge in [-0.2, -0.15) is 0 Å². The van der Waals surface area contributed by atoms with Crippen LogP contribution in [0.25, 0.3) is 0 Å². The molecule has 1 aromatic heterocycles. The highest BCUT2D eigenvalue weighted by molar-refractivity contribution is 5.92. The first-order valence-electron chi connectivity index (χ1n) is 7.96. The summed E-state index contributed by atoms with van der Waals surface area (Å²) in [6.45, 7) is 6.58. The van der Waals surface area contributed by atoms with Crippen molar-refractivity contribution in [1.82, 2.24) is 9.55 Å². The molecular weight excluding hydrogens is 266 g/mol. The van der Waals surface area contributed by atoms with Crippen molar-refractivity contribution in [1.29, 1.82) is 0 Å². The highest BCUT2D eigenvalue weighted by Crippen LogP contribution is 2.41. The van der Waals surface area contributed by atoms with Gasteiger partial charge in [0.1, 0.15) is 11.6 Å². The number of aryl methyl sites for hydroxylation is 1. The van der Waals surface area contributed by atoms with Crippen LogP contribution in [-0.4, -0.2) is 22.6 Å². The number of carbonyl (C=O) groups excluding carboxylic acids is 1. The Balaban J connectivity index is 2.45. The van der Waals surface area contributed by atoms with Crippen molar-refractivity contribution < 1.29 is 9.53 Å². The van der Waals surface area contributed by atoms with Crippen molar-refractivity contribution in [2.45, 2.75) is 58.9 Å². The first kappa shape index (κ1) is 15.9. The van der Waals surface area contributed by atoms with Gasteiger partial charge in [-0.05, 0) is 24.7 Å². The van der Waals surface area contributed by atoms with E-state index in [-0.39, 0.29) is 5.69 Å². The Kier molecular flexibility index (Phi) is 4.91. The highest BCUT2D eigenvalue weighted by atomic mass is 16.5. The van der Waals surface area contributed by atoms with E-state index < -0.39 is 5.97 Å². The third kappa shape index (κ3) is 2.92. The summed E-state index contributed by atoms with van der Waals surface area (Å²) >= 11 is 0. The second-order valence-electron chi connectivity index (χ2n) is 6.24. The Hall–Kier alpha value is -1.52. The topological polar surface area (TPSA) is 70.1 Å². The lowest BCUT2D eigenvalue weighted by Gasteiger charge is -2.36. The van der Waals surface area contributed by atoms with E-state index in [1.807, 2.05) is 6.92 Å². The van der Waals surface area contributed by atoms with Crippen molar-refractivity contribution in [2.24, 2.45) is 11.8 Å². The van der Waals surface area contributed by atoms with Crippen molar-refractivity contribution in [3.05, 3.63) is 11.5 Å². The quantitative estimate of drug-likeness (QED) is 0.865. The molecule has 0 saturated heterocycles. The first-order chi connectivity index (χ1) is 10.0. The van der Waals surface area contributed by atoms with Crippen molar-refractivity contribution in [2.75, 3.05) is 12.8 Å². The number of aromatic nitrogens is 2. The van der Waals surface area contributed by atoms with Gasteiger partial charge in [0.25, 0.3) is 0 Å². The van der Waals surface area contributed by atoms with Crippen LogP contribution in [0.3, 0.4) is 0 Å². The molecule has 5 nitrogen and oxygen atoms in total. The van der Waals surface area contributed by atoms with E-state index in [0.29, 0.717) is 23.7 Å². The standard InChI is InChI=1S/C16H27N3O2/c1-5-13-18-14(16(20)21-4)15(17)19(13)12-9-7-6-8-11(12)10(2)3/h10-12H,5-9,17H2,1-4H3. The van der Waals surface area contributed by atoms with E-state index in [2.05, 4.69) is 23.4 Å². The number of ether oxygens (including phenoxy) is 1. The molecule has 5 heteroatoms. The zero-order valence-corrected chi connectivity index (χ0v) is 13.6. The van der Waals surface area contributed by atoms with E-state index in [4.69, 9.17) is 10.5 Å². The van der Waals surface area contributed by atoms with E-state index in [9.17, 15) is 4.79 Å². The lowest BCUT2D eigenvalue weighted by Crippen LogP contribution is -2.29. The number of hydrogen-bond donors (Lipinski definition) is 1. The molecule has 2 unspecified atom stereocenters. The second kappa shape index (κ2) is 6.50. The monoisotopic (exact) mass is 293 g/mol. The number of nitrogens with zero attached hydrogens (tertiary/aromatic N) is 2. The van der Waals surface area contributed by atoms with Gasteiger partial charge in [0, 0.05) is 12.5 Å². The SMILES string of the molecule is CCc1nc(C(=O)OC)c(N)n1C1CCCCC1C(C)C. The molecule has 1 aromatic rings. The average molecular weight is 293 g/mol. The maximum Gasteiger partial charge on any atom is 0.360 e. The maximum atomic E-state index is 11.8. The number of methoxy groups -OCH3 is 1. The number of nitrogen functional groups attached to an aromatic ring is 1. The molecule has 1 fully saturated rings. The molecule has 0 amide bonds. The summed E-state index contributed by atoms with van der Waals surface area (Å²) in [7, 11) is 1.37. The normalized spacial score (nSPS) is 22.5. The van der Waals surface area contributed by atoms with Crippen LogP contribution >= 0.6 is 0 Å². The summed E-state index contributed by atoms with van der Waals surface area (Å²) in [5, 5.41) is 0. The Morgan fingerprint density at radius 2 is 2.10 bits per heavy atom. The summed E-state index contributed by atoms with van der Waals surface area (Å²) < 4.78 is 6.90. The third-order valence-corrected chi connectivity index (χ3v) is 4.69. The van der Waals surface area contributed by atoms with Gasteiger partial charge in [0.15, 0.2) is 5.69 Å². The third-order valence-electron chi connectivity index (χ3n) is 4.69. The molecule has 1 saturated carbocycles. The van der Waals surface area contributed by atoms with Gasteiger partial charge in [-0.3, -0.25) is 0 Å². The Morgan fingerprint density at radius 1 is 1.43 bits per heavy atom. The summed E-state index contributed by atoms with van der Waals surface area (Å²) in [5.74, 6) is 2.11. The molecule has 0 aliphatic heterocycles. The molecule has 1 heterocycles. The van der Waals surface area contributed by atoms with E-state index in [0.717, 1.165) is 18.7 Å². The fourth-order valence-corrected chi connectivity index (χ4v) is 3.60. The van der Waals surface area contributed by atoms with E-state index in [1.54, 1.807) is 0 Å². The molecule has 2 atom stereocenters. The number of imidazole rings is 1. The summed E-state index contributed by atoms with van der Waals surface area (Å²) in [6.07, 6.45) is 5.58. The van der Waals surface area contributed by atoms with Gasteiger partial charge in [-0.15, -0.1) is 0 Å². The van der Waals surface area contributed by atoms with Crippen molar-refractivity contribution in [3.63, 3.8) is 0 Å². The molecule has 0 spiro atoms. The zero-order valence-electron chi connectivity index (χ0n) is 13.6. The molecule has 2 rings (SSSR count). The minimum atomic E-state index is -0.446. The number of nitrogens with two attached hydrogens (primary N) is 1. The highest BCUT2D eigenvalue weighted by Gasteiger charge is 2.33. The summed E-state index contributed by atoms with van der Waals surface area (Å²) in [4.78, 5) is 16.3. The zero-order chi connectivity index (χ0) is 15.6. The fraction of sp³-hybridized carbons (Fsp3) is 0.750. The van der Waals surface area contributed by atoms with Crippen molar-refractivity contribution >= 4 is 11.8 Å². The molecular formula is C16H27N3O2. The van der Waals surface area contributed by atoms with Crippen LogP contribution in [0.1, 0.15) is 68.8 Å². The molecule has 0 aromatic carbocycles. The van der Waals surface area contributed by atoms with Gasteiger partial charge in [0.2, 0.25) is 0 Å². The van der Waals surface area contributed by atoms with Crippen LogP contribution in [0.2, 0.25) is 0 Å². The predicted molar refractivity (Wildman–Crippen MR) is 83.2 cm³/mol. The lowest BCUT2D eigenvalue weighted by atomic mass is 9.77. The Labute approximate surface area is 126 Å². The smallest absolute Gasteiger partial charge is 0.360 e. The summed E-state index contributed by atoms with van der Waals surface area (Å²) in [5.41, 5.74) is 6.52. The molecule has 118 valence electrons. The van der Waals surface area contributed by atoms with Crippen molar-refractivity contribution in [3.8, 4) is 0 Å². The largest absolute Gasteiger partial charge is 0.464 e. The Bertz CT molecular complexity index is 508. The van der Waals surface area contributed by atoms with E-state index >= 15 is 0 Å². The minimum absolute atomic E-state index is 0.266. The second-order valence-corrected chi connectivity index (χ2v) is 6.24.